The molecule has 0 unspecified atom stereocenters. The van der Waals surface area contributed by atoms with Crippen LogP contribution in [0.5, 0.6) is 0 Å². The fourth-order valence-corrected chi connectivity index (χ4v) is 4.76. The first-order chi connectivity index (χ1) is 9.71. The van der Waals surface area contributed by atoms with Crippen molar-refractivity contribution in [2.45, 2.75) is 56.9 Å². The third-order valence-electron chi connectivity index (χ3n) is 4.38. The third kappa shape index (κ3) is 2.97. The Balaban J connectivity index is 2.35. The van der Waals surface area contributed by atoms with Gasteiger partial charge >= 0.3 is 0 Å². The lowest BCUT2D eigenvalue weighted by Gasteiger charge is -2.34. The Kier molecular flexibility index (Phi) is 4.13. The van der Waals surface area contributed by atoms with E-state index in [2.05, 4.69) is 22.8 Å². The van der Waals surface area contributed by atoms with E-state index in [1.807, 2.05) is 0 Å². The van der Waals surface area contributed by atoms with Crippen LogP contribution in [-0.4, -0.2) is 23.7 Å². The molecule has 1 aliphatic carbocycles. The van der Waals surface area contributed by atoms with Gasteiger partial charge in [0, 0.05) is 7.05 Å². The molecule has 116 valence electrons. The highest BCUT2D eigenvalue weighted by atomic mass is 32.2. The Morgan fingerprint density at radius 3 is 2.38 bits per heavy atom. The van der Waals surface area contributed by atoms with E-state index in [0.717, 1.165) is 12.8 Å². The van der Waals surface area contributed by atoms with Crippen molar-refractivity contribution in [1.82, 2.24) is 14.5 Å². The molecule has 6 nitrogen and oxygen atoms in total. The molecule has 1 aromatic heterocycles. The molecule has 0 saturated heterocycles. The molecule has 1 N–H and O–H groups in total. The van der Waals surface area contributed by atoms with Crippen molar-refractivity contribution in [2.24, 2.45) is 13.0 Å². The van der Waals surface area contributed by atoms with Gasteiger partial charge in [0.25, 0.3) is 0 Å². The van der Waals surface area contributed by atoms with E-state index in [1.165, 1.54) is 0 Å². The van der Waals surface area contributed by atoms with E-state index >= 15 is 0 Å². The second kappa shape index (κ2) is 5.43. The van der Waals surface area contributed by atoms with Crippen molar-refractivity contribution in [3.05, 3.63) is 11.4 Å². The molecule has 0 aromatic carbocycles. The molecule has 0 bridgehead atoms. The third-order valence-corrected chi connectivity index (χ3v) is 6.17. The van der Waals surface area contributed by atoms with Crippen LogP contribution in [0.1, 0.15) is 44.0 Å². The summed E-state index contributed by atoms with van der Waals surface area (Å²) >= 11 is 0. The van der Waals surface area contributed by atoms with E-state index in [0.29, 0.717) is 30.1 Å². The number of sulfonamides is 1. The summed E-state index contributed by atoms with van der Waals surface area (Å²) in [6.45, 7) is 5.52. The van der Waals surface area contributed by atoms with Crippen LogP contribution in [0.15, 0.2) is 4.90 Å². The van der Waals surface area contributed by atoms with Crippen molar-refractivity contribution in [3.63, 3.8) is 0 Å². The summed E-state index contributed by atoms with van der Waals surface area (Å²) in [4.78, 5) is 0.193. The van der Waals surface area contributed by atoms with Crippen molar-refractivity contribution in [1.29, 1.82) is 5.26 Å². The van der Waals surface area contributed by atoms with Gasteiger partial charge in [-0.2, -0.15) is 15.1 Å². The number of aromatic nitrogens is 2. The van der Waals surface area contributed by atoms with Crippen LogP contribution < -0.4 is 4.72 Å². The van der Waals surface area contributed by atoms with Crippen LogP contribution in [0.2, 0.25) is 0 Å². The van der Waals surface area contributed by atoms with Gasteiger partial charge in [0.2, 0.25) is 10.0 Å². The average Bonchev–Trinajstić information content (AvgIpc) is 2.66. The van der Waals surface area contributed by atoms with Crippen LogP contribution in [0, 0.1) is 31.1 Å². The Morgan fingerprint density at radius 1 is 1.38 bits per heavy atom. The molecule has 0 amide bonds. The first-order valence-corrected chi connectivity index (χ1v) is 8.64. The van der Waals surface area contributed by atoms with Gasteiger partial charge in [0.1, 0.15) is 10.4 Å². The van der Waals surface area contributed by atoms with Crippen LogP contribution in [0.25, 0.3) is 0 Å². The predicted molar refractivity (Wildman–Crippen MR) is 79.0 cm³/mol. The minimum atomic E-state index is -3.74. The van der Waals surface area contributed by atoms with Gasteiger partial charge in [0.05, 0.1) is 17.5 Å². The molecule has 21 heavy (non-hydrogen) atoms. The molecular weight excluding hydrogens is 288 g/mol. The maximum absolute atomic E-state index is 12.7. The van der Waals surface area contributed by atoms with Crippen molar-refractivity contribution >= 4 is 10.0 Å². The molecule has 1 saturated carbocycles. The van der Waals surface area contributed by atoms with Crippen LogP contribution in [0.3, 0.4) is 0 Å². The number of nitrogens with zero attached hydrogens (tertiary/aromatic N) is 3. The zero-order valence-electron chi connectivity index (χ0n) is 13.0. The number of hydrogen-bond donors (Lipinski definition) is 1. The zero-order chi connectivity index (χ0) is 15.8. The fourth-order valence-electron chi connectivity index (χ4n) is 2.94. The largest absolute Gasteiger partial charge is 0.271 e. The predicted octanol–water partition coefficient (Wildman–Crippen LogP) is 1.79. The second-order valence-electron chi connectivity index (χ2n) is 6.11. The lowest BCUT2D eigenvalue weighted by atomic mass is 9.79. The topological polar surface area (TPSA) is 87.8 Å². The van der Waals surface area contributed by atoms with Crippen molar-refractivity contribution in [2.75, 3.05) is 0 Å². The Morgan fingerprint density at radius 2 is 1.95 bits per heavy atom. The molecule has 1 aliphatic rings. The maximum Gasteiger partial charge on any atom is 0.245 e. The molecule has 7 heteroatoms. The first kappa shape index (κ1) is 16.0. The van der Waals surface area contributed by atoms with Crippen molar-refractivity contribution in [3.8, 4) is 6.07 Å². The highest BCUT2D eigenvalue weighted by molar-refractivity contribution is 7.89. The first-order valence-electron chi connectivity index (χ1n) is 7.16. The molecule has 1 aromatic rings. The molecule has 2 rings (SSSR count). The van der Waals surface area contributed by atoms with Crippen LogP contribution in [0.4, 0.5) is 0 Å². The quantitative estimate of drug-likeness (QED) is 0.922. The lowest BCUT2D eigenvalue weighted by Crippen LogP contribution is -2.49. The fraction of sp³-hybridized carbons (Fsp3) is 0.714. The highest BCUT2D eigenvalue weighted by Crippen LogP contribution is 2.33. The summed E-state index contributed by atoms with van der Waals surface area (Å²) < 4.78 is 29.6. The van der Waals surface area contributed by atoms with E-state index in [9.17, 15) is 13.7 Å². The smallest absolute Gasteiger partial charge is 0.245 e. The molecule has 0 spiro atoms. The van der Waals surface area contributed by atoms with E-state index in [1.54, 1.807) is 25.6 Å². The van der Waals surface area contributed by atoms with Gasteiger partial charge < -0.3 is 0 Å². The van der Waals surface area contributed by atoms with Crippen LogP contribution >= 0.6 is 0 Å². The summed E-state index contributed by atoms with van der Waals surface area (Å²) in [7, 11) is -2.03. The summed E-state index contributed by atoms with van der Waals surface area (Å²) in [5, 5.41) is 13.6. The Labute approximate surface area is 126 Å². The van der Waals surface area contributed by atoms with Gasteiger partial charge in [0.15, 0.2) is 0 Å². The van der Waals surface area contributed by atoms with Crippen LogP contribution in [-0.2, 0) is 17.1 Å². The molecule has 0 radical (unpaired) electrons. The summed E-state index contributed by atoms with van der Waals surface area (Å²) in [5.74, 6) is 0.540. The number of aryl methyl sites for hydroxylation is 2. The molecule has 0 aliphatic heterocycles. The molecule has 1 fully saturated rings. The van der Waals surface area contributed by atoms with Gasteiger partial charge in [-0.25, -0.2) is 8.42 Å². The number of nitriles is 1. The minimum Gasteiger partial charge on any atom is -0.271 e. The number of nitrogens with one attached hydrogen (secondary N) is 1. The Hall–Kier alpha value is -1.39. The van der Waals surface area contributed by atoms with E-state index in [4.69, 9.17) is 0 Å². The second-order valence-corrected chi connectivity index (χ2v) is 7.72. The van der Waals surface area contributed by atoms with Gasteiger partial charge in [-0.3, -0.25) is 4.68 Å². The monoisotopic (exact) mass is 310 g/mol. The maximum atomic E-state index is 12.7. The molecular formula is C14H22N4O2S. The van der Waals surface area contributed by atoms with E-state index in [-0.39, 0.29) is 4.90 Å². The number of rotatable bonds is 3. The van der Waals surface area contributed by atoms with Crippen molar-refractivity contribution < 1.29 is 8.42 Å². The van der Waals surface area contributed by atoms with E-state index < -0.39 is 15.6 Å². The van der Waals surface area contributed by atoms with Gasteiger partial charge in [-0.05, 0) is 45.4 Å². The standard InChI is InChI=1S/C14H22N4O2S/c1-10-5-7-14(9-15,8-6-10)17-21(19,20)13-11(2)16-18(4)12(13)3/h10,17H,5-8H2,1-4H3. The lowest BCUT2D eigenvalue weighted by molar-refractivity contribution is 0.278. The Bertz CT molecular complexity index is 677. The molecule has 0 atom stereocenters. The minimum absolute atomic E-state index is 0.193. The molecule has 1 heterocycles. The van der Waals surface area contributed by atoms with Gasteiger partial charge in [-0.1, -0.05) is 6.92 Å². The zero-order valence-corrected chi connectivity index (χ0v) is 13.8. The SMILES string of the molecule is Cc1nn(C)c(C)c1S(=O)(=O)NC1(C#N)CCC(C)CC1. The number of hydrogen-bond acceptors (Lipinski definition) is 4. The summed E-state index contributed by atoms with van der Waals surface area (Å²) in [5.41, 5.74) is 0.0529. The normalized spacial score (nSPS) is 26.5. The average molecular weight is 310 g/mol. The summed E-state index contributed by atoms with van der Waals surface area (Å²) in [6.07, 6.45) is 2.84. The highest BCUT2D eigenvalue weighted by Gasteiger charge is 2.39. The van der Waals surface area contributed by atoms with Gasteiger partial charge in [-0.15, -0.1) is 0 Å². The summed E-state index contributed by atoms with van der Waals surface area (Å²) in [6, 6.07) is 2.19.